The van der Waals surface area contributed by atoms with Crippen LogP contribution in [0.1, 0.15) is 25.0 Å². The van der Waals surface area contributed by atoms with E-state index in [0.717, 1.165) is 10.5 Å². The molecule has 0 unspecified atom stereocenters. The standard InChI is InChI=1S/C23H25N3O5/c1-14(2)31-21-16(8-6-10-19(21)30-4)12-18-22(28)26(23(29)25-18)13-20(27)24-17-9-5-7-15(3)11-17/h5-12,14H,13H2,1-4H3,(H,24,27)(H,25,29)/b18-12+. The first-order valence-electron chi connectivity index (χ1n) is 9.83. The highest BCUT2D eigenvalue weighted by atomic mass is 16.5. The topological polar surface area (TPSA) is 97.0 Å². The van der Waals surface area contributed by atoms with Gasteiger partial charge in [0.1, 0.15) is 12.2 Å². The lowest BCUT2D eigenvalue weighted by Crippen LogP contribution is -2.38. The summed E-state index contributed by atoms with van der Waals surface area (Å²) in [5.41, 5.74) is 2.20. The number of aryl methyl sites for hydroxylation is 1. The van der Waals surface area contributed by atoms with Gasteiger partial charge in [-0.3, -0.25) is 9.59 Å². The fourth-order valence-corrected chi connectivity index (χ4v) is 3.11. The maximum absolute atomic E-state index is 12.8. The Hall–Kier alpha value is -3.81. The van der Waals surface area contributed by atoms with Gasteiger partial charge in [0.05, 0.1) is 13.2 Å². The van der Waals surface area contributed by atoms with Crippen molar-refractivity contribution in [1.82, 2.24) is 10.2 Å². The zero-order chi connectivity index (χ0) is 22.5. The summed E-state index contributed by atoms with van der Waals surface area (Å²) in [4.78, 5) is 38.3. The number of para-hydroxylation sites is 1. The Kier molecular flexibility index (Phi) is 6.59. The maximum atomic E-state index is 12.8. The SMILES string of the molecule is COc1cccc(/C=C2/NC(=O)N(CC(=O)Nc3cccc(C)c3)C2=O)c1OC(C)C. The third-order valence-corrected chi connectivity index (χ3v) is 4.45. The van der Waals surface area contributed by atoms with E-state index in [4.69, 9.17) is 9.47 Å². The van der Waals surface area contributed by atoms with Gasteiger partial charge in [0.2, 0.25) is 5.91 Å². The number of carbonyl (C=O) groups is 3. The first kappa shape index (κ1) is 21.9. The highest BCUT2D eigenvalue weighted by Gasteiger charge is 2.35. The average molecular weight is 423 g/mol. The molecule has 0 saturated carbocycles. The van der Waals surface area contributed by atoms with Crippen LogP contribution in [-0.2, 0) is 9.59 Å². The quantitative estimate of drug-likeness (QED) is 0.526. The van der Waals surface area contributed by atoms with Gasteiger partial charge in [0.15, 0.2) is 11.5 Å². The molecule has 0 atom stereocenters. The molecule has 162 valence electrons. The number of nitrogens with one attached hydrogen (secondary N) is 2. The van der Waals surface area contributed by atoms with E-state index < -0.39 is 24.4 Å². The van der Waals surface area contributed by atoms with Crippen molar-refractivity contribution in [2.45, 2.75) is 26.9 Å². The minimum atomic E-state index is -0.662. The van der Waals surface area contributed by atoms with Gasteiger partial charge in [-0.15, -0.1) is 0 Å². The van der Waals surface area contributed by atoms with Crippen molar-refractivity contribution in [2.24, 2.45) is 0 Å². The lowest BCUT2D eigenvalue weighted by Gasteiger charge is -2.16. The summed E-state index contributed by atoms with van der Waals surface area (Å²) in [6.45, 7) is 5.25. The van der Waals surface area contributed by atoms with Gasteiger partial charge in [0, 0.05) is 11.3 Å². The fourth-order valence-electron chi connectivity index (χ4n) is 3.11. The van der Waals surface area contributed by atoms with Crippen molar-refractivity contribution < 1.29 is 23.9 Å². The second kappa shape index (κ2) is 9.34. The van der Waals surface area contributed by atoms with Gasteiger partial charge < -0.3 is 20.1 Å². The number of imide groups is 1. The Morgan fingerprint density at radius 3 is 2.61 bits per heavy atom. The van der Waals surface area contributed by atoms with Gasteiger partial charge in [-0.25, -0.2) is 9.69 Å². The number of rotatable bonds is 7. The number of benzene rings is 2. The molecule has 0 aromatic heterocycles. The number of carbonyl (C=O) groups excluding carboxylic acids is 3. The molecule has 1 aliphatic heterocycles. The molecule has 1 fully saturated rings. The number of methoxy groups -OCH3 is 1. The zero-order valence-corrected chi connectivity index (χ0v) is 17.9. The van der Waals surface area contributed by atoms with E-state index in [9.17, 15) is 14.4 Å². The van der Waals surface area contributed by atoms with Crippen LogP contribution in [0.15, 0.2) is 48.2 Å². The number of urea groups is 1. The minimum Gasteiger partial charge on any atom is -0.493 e. The Morgan fingerprint density at radius 2 is 1.94 bits per heavy atom. The van der Waals surface area contributed by atoms with Crippen LogP contribution >= 0.6 is 0 Å². The molecule has 0 spiro atoms. The molecule has 2 aromatic carbocycles. The largest absolute Gasteiger partial charge is 0.493 e. The highest BCUT2D eigenvalue weighted by molar-refractivity contribution is 6.16. The predicted molar refractivity (Wildman–Crippen MR) is 117 cm³/mol. The van der Waals surface area contributed by atoms with E-state index in [1.54, 1.807) is 30.3 Å². The normalized spacial score (nSPS) is 14.7. The van der Waals surface area contributed by atoms with Crippen molar-refractivity contribution in [3.63, 3.8) is 0 Å². The third-order valence-electron chi connectivity index (χ3n) is 4.45. The van der Waals surface area contributed by atoms with E-state index in [-0.39, 0.29) is 11.8 Å². The molecule has 8 heteroatoms. The zero-order valence-electron chi connectivity index (χ0n) is 17.9. The molecular weight excluding hydrogens is 398 g/mol. The summed E-state index contributed by atoms with van der Waals surface area (Å²) in [6, 6.07) is 11.8. The highest BCUT2D eigenvalue weighted by Crippen LogP contribution is 2.33. The fraction of sp³-hybridized carbons (Fsp3) is 0.261. The molecule has 1 aliphatic rings. The van der Waals surface area contributed by atoms with Gasteiger partial charge in [-0.1, -0.05) is 24.3 Å². The Labute approximate surface area is 180 Å². The van der Waals surface area contributed by atoms with Crippen molar-refractivity contribution >= 4 is 29.6 Å². The van der Waals surface area contributed by atoms with Gasteiger partial charge in [0.25, 0.3) is 5.91 Å². The van der Waals surface area contributed by atoms with Crippen molar-refractivity contribution in [3.05, 3.63) is 59.3 Å². The summed E-state index contributed by atoms with van der Waals surface area (Å²) < 4.78 is 11.2. The lowest BCUT2D eigenvalue weighted by atomic mass is 10.1. The third kappa shape index (κ3) is 5.22. The van der Waals surface area contributed by atoms with E-state index in [2.05, 4.69) is 10.6 Å². The van der Waals surface area contributed by atoms with Crippen LogP contribution in [0.4, 0.5) is 10.5 Å². The van der Waals surface area contributed by atoms with Gasteiger partial charge >= 0.3 is 6.03 Å². The molecule has 0 aliphatic carbocycles. The van der Waals surface area contributed by atoms with Crippen LogP contribution in [0.25, 0.3) is 6.08 Å². The molecule has 1 heterocycles. The molecule has 8 nitrogen and oxygen atoms in total. The summed E-state index contributed by atoms with van der Waals surface area (Å²) in [5, 5.41) is 5.21. The summed E-state index contributed by atoms with van der Waals surface area (Å²) >= 11 is 0. The molecule has 3 rings (SSSR count). The van der Waals surface area contributed by atoms with Crippen molar-refractivity contribution in [1.29, 1.82) is 0 Å². The lowest BCUT2D eigenvalue weighted by molar-refractivity contribution is -0.127. The molecule has 0 bridgehead atoms. The first-order chi connectivity index (χ1) is 14.8. The monoisotopic (exact) mass is 423 g/mol. The smallest absolute Gasteiger partial charge is 0.329 e. The van der Waals surface area contributed by atoms with Crippen LogP contribution in [0.5, 0.6) is 11.5 Å². The molecule has 0 radical (unpaired) electrons. The van der Waals surface area contributed by atoms with Gasteiger partial charge in [-0.05, 0) is 50.6 Å². The molecule has 31 heavy (non-hydrogen) atoms. The molecule has 2 N–H and O–H groups in total. The van der Waals surface area contributed by atoms with Gasteiger partial charge in [-0.2, -0.15) is 0 Å². The second-order valence-electron chi connectivity index (χ2n) is 7.34. The number of amides is 4. The number of nitrogens with zero attached hydrogens (tertiary/aromatic N) is 1. The molecular formula is C23H25N3O5. The Balaban J connectivity index is 1.78. The predicted octanol–water partition coefficient (Wildman–Crippen LogP) is 3.32. The average Bonchev–Trinajstić information content (AvgIpc) is 2.96. The van der Waals surface area contributed by atoms with Crippen LogP contribution in [-0.4, -0.2) is 42.5 Å². The molecule has 2 aromatic rings. The van der Waals surface area contributed by atoms with Crippen molar-refractivity contribution in [2.75, 3.05) is 19.0 Å². The van der Waals surface area contributed by atoms with Crippen molar-refractivity contribution in [3.8, 4) is 11.5 Å². The van der Waals surface area contributed by atoms with Crippen LogP contribution in [0.3, 0.4) is 0 Å². The van der Waals surface area contributed by atoms with Crippen LogP contribution in [0.2, 0.25) is 0 Å². The van der Waals surface area contributed by atoms with E-state index in [1.165, 1.54) is 13.2 Å². The van der Waals surface area contributed by atoms with Crippen LogP contribution in [0, 0.1) is 6.92 Å². The maximum Gasteiger partial charge on any atom is 0.329 e. The minimum absolute atomic E-state index is 0.0511. The second-order valence-corrected chi connectivity index (χ2v) is 7.34. The number of hydrogen-bond donors (Lipinski definition) is 2. The van der Waals surface area contributed by atoms with Crippen LogP contribution < -0.4 is 20.1 Å². The van der Waals surface area contributed by atoms with E-state index >= 15 is 0 Å². The number of ether oxygens (including phenoxy) is 2. The van der Waals surface area contributed by atoms with E-state index in [0.29, 0.717) is 22.7 Å². The summed E-state index contributed by atoms with van der Waals surface area (Å²) in [6.07, 6.45) is 1.39. The Bertz CT molecular complexity index is 1050. The number of hydrogen-bond acceptors (Lipinski definition) is 5. The first-order valence-corrected chi connectivity index (χ1v) is 9.83. The van der Waals surface area contributed by atoms with E-state index in [1.807, 2.05) is 32.9 Å². The Morgan fingerprint density at radius 1 is 1.19 bits per heavy atom. The summed E-state index contributed by atoms with van der Waals surface area (Å²) in [7, 11) is 1.52. The summed E-state index contributed by atoms with van der Waals surface area (Å²) in [5.74, 6) is -0.0948. The number of anilines is 1. The molecule has 4 amide bonds. The molecule has 1 saturated heterocycles.